The topological polar surface area (TPSA) is 54.4 Å². The summed E-state index contributed by atoms with van der Waals surface area (Å²) >= 11 is 0. The van der Waals surface area contributed by atoms with Gasteiger partial charge in [-0.25, -0.2) is 0 Å². The predicted molar refractivity (Wildman–Crippen MR) is 69.0 cm³/mol. The molecule has 0 radical (unpaired) electrons. The van der Waals surface area contributed by atoms with Gasteiger partial charge in [0.05, 0.1) is 5.92 Å². The van der Waals surface area contributed by atoms with E-state index in [0.29, 0.717) is 6.42 Å². The summed E-state index contributed by atoms with van der Waals surface area (Å²) in [4.78, 5) is 23.3. The number of aliphatic carboxylic acids is 1. The molecular weight excluding hydrogens is 228 g/mol. The standard InChI is InChI=1S/C15H18O3/c1-7-5-8(2)10(4)13(9(7)3)14(16)11-6-12(11)15(17)18/h5,11-12H,6H2,1-4H3,(H,17,18). The van der Waals surface area contributed by atoms with Crippen molar-refractivity contribution < 1.29 is 14.7 Å². The van der Waals surface area contributed by atoms with Crippen molar-refractivity contribution in [2.75, 3.05) is 0 Å². The lowest BCUT2D eigenvalue weighted by Crippen LogP contribution is -2.12. The second-order valence-electron chi connectivity index (χ2n) is 5.29. The number of carboxylic acid groups (broad SMARTS) is 1. The van der Waals surface area contributed by atoms with Crippen LogP contribution in [0.15, 0.2) is 6.07 Å². The summed E-state index contributed by atoms with van der Waals surface area (Å²) in [6, 6.07) is 2.07. The normalized spacial score (nSPS) is 21.8. The fraction of sp³-hybridized carbons (Fsp3) is 0.467. The third-order valence-electron chi connectivity index (χ3n) is 4.06. The van der Waals surface area contributed by atoms with E-state index in [4.69, 9.17) is 5.11 Å². The van der Waals surface area contributed by atoms with Gasteiger partial charge in [-0.15, -0.1) is 0 Å². The van der Waals surface area contributed by atoms with Gasteiger partial charge in [0.2, 0.25) is 0 Å². The van der Waals surface area contributed by atoms with E-state index in [9.17, 15) is 9.59 Å². The molecule has 2 unspecified atom stereocenters. The van der Waals surface area contributed by atoms with Crippen LogP contribution in [-0.4, -0.2) is 16.9 Å². The zero-order valence-electron chi connectivity index (χ0n) is 11.2. The summed E-state index contributed by atoms with van der Waals surface area (Å²) in [7, 11) is 0. The highest BCUT2D eigenvalue weighted by Crippen LogP contribution is 2.42. The number of benzene rings is 1. The minimum atomic E-state index is -0.854. The molecule has 0 aliphatic heterocycles. The van der Waals surface area contributed by atoms with E-state index >= 15 is 0 Å². The maximum Gasteiger partial charge on any atom is 0.307 e. The number of rotatable bonds is 3. The molecule has 1 saturated carbocycles. The number of hydrogen-bond donors (Lipinski definition) is 1. The highest BCUT2D eigenvalue weighted by Gasteiger charge is 2.48. The average Bonchev–Trinajstić information content (AvgIpc) is 3.06. The molecule has 96 valence electrons. The molecule has 2 atom stereocenters. The van der Waals surface area contributed by atoms with Crippen molar-refractivity contribution in [1.29, 1.82) is 0 Å². The molecule has 1 aromatic rings. The van der Waals surface area contributed by atoms with Crippen LogP contribution in [0.2, 0.25) is 0 Å². The molecule has 0 heterocycles. The van der Waals surface area contributed by atoms with Crippen LogP contribution in [0.25, 0.3) is 0 Å². The second kappa shape index (κ2) is 4.23. The van der Waals surface area contributed by atoms with E-state index in [1.165, 1.54) is 0 Å². The van der Waals surface area contributed by atoms with Gasteiger partial charge in [0.15, 0.2) is 5.78 Å². The Morgan fingerprint density at radius 1 is 1.06 bits per heavy atom. The lowest BCUT2D eigenvalue weighted by Gasteiger charge is -2.14. The van der Waals surface area contributed by atoms with Crippen molar-refractivity contribution in [3.05, 3.63) is 33.9 Å². The Bertz CT molecular complexity index is 517. The average molecular weight is 246 g/mol. The van der Waals surface area contributed by atoms with Crippen molar-refractivity contribution in [3.63, 3.8) is 0 Å². The number of carbonyl (C=O) groups is 2. The lowest BCUT2D eigenvalue weighted by atomic mass is 9.90. The third-order valence-corrected chi connectivity index (χ3v) is 4.06. The number of hydrogen-bond acceptors (Lipinski definition) is 2. The van der Waals surface area contributed by atoms with E-state index in [0.717, 1.165) is 27.8 Å². The first kappa shape index (κ1) is 12.8. The van der Waals surface area contributed by atoms with E-state index in [-0.39, 0.29) is 11.7 Å². The number of aryl methyl sites for hydroxylation is 2. The molecule has 2 rings (SSSR count). The fourth-order valence-electron chi connectivity index (χ4n) is 2.53. The Morgan fingerprint density at radius 3 is 1.94 bits per heavy atom. The summed E-state index contributed by atoms with van der Waals surface area (Å²) in [5, 5.41) is 8.92. The molecule has 0 bridgehead atoms. The Hall–Kier alpha value is -1.64. The van der Waals surface area contributed by atoms with Crippen LogP contribution >= 0.6 is 0 Å². The van der Waals surface area contributed by atoms with Gasteiger partial charge in [0, 0.05) is 11.5 Å². The monoisotopic (exact) mass is 246 g/mol. The van der Waals surface area contributed by atoms with E-state index < -0.39 is 11.9 Å². The van der Waals surface area contributed by atoms with Crippen LogP contribution in [0.3, 0.4) is 0 Å². The van der Waals surface area contributed by atoms with Crippen LogP contribution in [0.1, 0.15) is 39.0 Å². The molecule has 1 aliphatic carbocycles. The van der Waals surface area contributed by atoms with Crippen molar-refractivity contribution in [3.8, 4) is 0 Å². The second-order valence-corrected chi connectivity index (χ2v) is 5.29. The largest absolute Gasteiger partial charge is 0.481 e. The Labute approximate surface area is 107 Å². The maximum atomic E-state index is 12.4. The predicted octanol–water partition coefficient (Wildman–Crippen LogP) is 2.82. The highest BCUT2D eigenvalue weighted by molar-refractivity contribution is 6.05. The molecule has 0 aromatic heterocycles. The van der Waals surface area contributed by atoms with E-state index in [1.807, 2.05) is 27.7 Å². The quantitative estimate of drug-likeness (QED) is 0.834. The number of Topliss-reactive ketones (excluding diaryl/α,β-unsaturated/α-hetero) is 1. The smallest absolute Gasteiger partial charge is 0.307 e. The molecule has 3 nitrogen and oxygen atoms in total. The Balaban J connectivity index is 2.40. The van der Waals surface area contributed by atoms with Gasteiger partial charge >= 0.3 is 5.97 Å². The SMILES string of the molecule is Cc1cc(C)c(C)c(C(=O)C2CC2C(=O)O)c1C. The number of carbonyl (C=O) groups excluding carboxylic acids is 1. The zero-order valence-corrected chi connectivity index (χ0v) is 11.2. The van der Waals surface area contributed by atoms with Crippen molar-refractivity contribution in [2.45, 2.75) is 34.1 Å². The van der Waals surface area contributed by atoms with Crippen LogP contribution in [-0.2, 0) is 4.79 Å². The molecule has 0 amide bonds. The molecule has 18 heavy (non-hydrogen) atoms. The first-order valence-electron chi connectivity index (χ1n) is 6.19. The molecule has 1 aromatic carbocycles. The number of ketones is 1. The minimum absolute atomic E-state index is 0.00389. The molecule has 1 N–H and O–H groups in total. The van der Waals surface area contributed by atoms with Crippen LogP contribution < -0.4 is 0 Å². The van der Waals surface area contributed by atoms with Crippen LogP contribution in [0, 0.1) is 39.5 Å². The summed E-state index contributed by atoms with van der Waals surface area (Å²) in [6.07, 6.45) is 0.486. The minimum Gasteiger partial charge on any atom is -0.481 e. The highest BCUT2D eigenvalue weighted by atomic mass is 16.4. The maximum absolute atomic E-state index is 12.4. The number of carboxylic acids is 1. The van der Waals surface area contributed by atoms with Gasteiger partial charge in [-0.3, -0.25) is 9.59 Å². The van der Waals surface area contributed by atoms with Crippen molar-refractivity contribution >= 4 is 11.8 Å². The van der Waals surface area contributed by atoms with Gasteiger partial charge in [0.25, 0.3) is 0 Å². The molecule has 0 saturated heterocycles. The summed E-state index contributed by atoms with van der Waals surface area (Å²) < 4.78 is 0. The zero-order chi connectivity index (χ0) is 13.6. The molecular formula is C15H18O3. The Morgan fingerprint density at radius 2 is 1.56 bits per heavy atom. The van der Waals surface area contributed by atoms with Gasteiger partial charge in [-0.2, -0.15) is 0 Å². The van der Waals surface area contributed by atoms with Gasteiger partial charge < -0.3 is 5.11 Å². The molecule has 3 heteroatoms. The fourth-order valence-corrected chi connectivity index (χ4v) is 2.53. The first-order chi connectivity index (χ1) is 8.34. The van der Waals surface area contributed by atoms with Crippen molar-refractivity contribution in [1.82, 2.24) is 0 Å². The van der Waals surface area contributed by atoms with Crippen LogP contribution in [0.4, 0.5) is 0 Å². The summed E-state index contributed by atoms with van der Waals surface area (Å²) in [5.41, 5.74) is 4.89. The lowest BCUT2D eigenvalue weighted by molar-refractivity contribution is -0.138. The van der Waals surface area contributed by atoms with E-state index in [1.54, 1.807) is 0 Å². The van der Waals surface area contributed by atoms with Gasteiger partial charge in [0.1, 0.15) is 0 Å². The first-order valence-corrected chi connectivity index (χ1v) is 6.19. The molecule has 1 aliphatic rings. The third kappa shape index (κ3) is 1.94. The summed E-state index contributed by atoms with van der Waals surface area (Å²) in [5.74, 6) is -1.64. The Kier molecular flexibility index (Phi) is 3.01. The molecule has 0 spiro atoms. The van der Waals surface area contributed by atoms with Crippen LogP contribution in [0.5, 0.6) is 0 Å². The van der Waals surface area contributed by atoms with E-state index in [2.05, 4.69) is 6.07 Å². The molecule has 1 fully saturated rings. The van der Waals surface area contributed by atoms with Gasteiger partial charge in [-0.1, -0.05) is 6.07 Å². The summed E-state index contributed by atoms with van der Waals surface area (Å²) in [6.45, 7) is 7.85. The van der Waals surface area contributed by atoms with Gasteiger partial charge in [-0.05, 0) is 56.4 Å². The van der Waals surface area contributed by atoms with Crippen molar-refractivity contribution in [2.24, 2.45) is 11.8 Å².